The Balaban J connectivity index is 1.14. The highest BCUT2D eigenvalue weighted by Crippen LogP contribution is 2.20. The molecular formula is C30H29BrF3N7O3. The van der Waals surface area contributed by atoms with E-state index in [9.17, 15) is 22.8 Å². The third kappa shape index (κ3) is 8.20. The second-order valence-electron chi connectivity index (χ2n) is 10.3. The van der Waals surface area contributed by atoms with Crippen molar-refractivity contribution in [2.45, 2.75) is 26.2 Å². The largest absolute Gasteiger partial charge is 0.484 e. The Morgan fingerprint density at radius 1 is 0.932 bits per heavy atom. The normalized spacial score (nSPS) is 14.0. The molecule has 1 aliphatic heterocycles. The lowest BCUT2D eigenvalue weighted by molar-refractivity contribution is -0.153. The van der Waals surface area contributed by atoms with Gasteiger partial charge in [0, 0.05) is 49.1 Å². The number of nitrogens with zero attached hydrogens (tertiary/aromatic N) is 6. The third-order valence-corrected chi connectivity index (χ3v) is 7.52. The first kappa shape index (κ1) is 31.1. The van der Waals surface area contributed by atoms with Gasteiger partial charge < -0.3 is 15.0 Å². The van der Waals surface area contributed by atoms with E-state index in [4.69, 9.17) is 4.74 Å². The molecule has 2 aromatic carbocycles. The fourth-order valence-corrected chi connectivity index (χ4v) is 4.97. The number of pyridine rings is 1. The zero-order chi connectivity index (χ0) is 31.3. The number of carbonyl (C=O) groups excluding carboxylic acids is 2. The molecule has 14 heteroatoms. The number of nitrogens with one attached hydrogen (secondary N) is 1. The Hall–Kier alpha value is -4.30. The van der Waals surface area contributed by atoms with Crippen molar-refractivity contribution in [3.63, 3.8) is 0 Å². The summed E-state index contributed by atoms with van der Waals surface area (Å²) in [6, 6.07) is 17.2. The quantitative estimate of drug-likeness (QED) is 0.269. The van der Waals surface area contributed by atoms with Gasteiger partial charge in [0.15, 0.2) is 6.61 Å². The van der Waals surface area contributed by atoms with Crippen LogP contribution in [0.4, 0.5) is 18.9 Å². The van der Waals surface area contributed by atoms with E-state index in [1.54, 1.807) is 59.1 Å². The monoisotopic (exact) mass is 671 g/mol. The average Bonchev–Trinajstić information content (AvgIpc) is 3.37. The van der Waals surface area contributed by atoms with Gasteiger partial charge in [0.1, 0.15) is 17.1 Å². The van der Waals surface area contributed by atoms with Crippen LogP contribution in [-0.2, 0) is 13.1 Å². The molecule has 0 atom stereocenters. The van der Waals surface area contributed by atoms with Crippen LogP contribution in [0, 0.1) is 6.92 Å². The molecule has 44 heavy (non-hydrogen) atoms. The zero-order valence-electron chi connectivity index (χ0n) is 23.7. The number of halogens is 4. The second kappa shape index (κ2) is 13.6. The van der Waals surface area contributed by atoms with Crippen molar-refractivity contribution in [1.82, 2.24) is 29.8 Å². The SMILES string of the molecule is Cc1nnn(Cc2ccc(C(=O)Nc3ccc(Br)cc3)nc2)c1C(=O)N1CCN(Cc2ccc(OCC(F)(F)F)cc2)CC1. The van der Waals surface area contributed by atoms with Crippen LogP contribution in [0.25, 0.3) is 0 Å². The highest BCUT2D eigenvalue weighted by atomic mass is 79.9. The molecule has 1 saturated heterocycles. The summed E-state index contributed by atoms with van der Waals surface area (Å²) in [5.74, 6) is -0.342. The maximum atomic E-state index is 13.5. The van der Waals surface area contributed by atoms with E-state index < -0.39 is 12.8 Å². The summed E-state index contributed by atoms with van der Waals surface area (Å²) >= 11 is 3.36. The summed E-state index contributed by atoms with van der Waals surface area (Å²) in [6.45, 7) is 3.53. The number of hydrogen-bond acceptors (Lipinski definition) is 7. The molecule has 2 aromatic heterocycles. The molecule has 5 rings (SSSR count). The highest BCUT2D eigenvalue weighted by molar-refractivity contribution is 9.10. The molecule has 4 aromatic rings. The number of rotatable bonds is 9. The molecule has 1 fully saturated rings. The summed E-state index contributed by atoms with van der Waals surface area (Å²) in [6.07, 6.45) is -2.80. The van der Waals surface area contributed by atoms with Crippen molar-refractivity contribution < 1.29 is 27.5 Å². The average molecular weight is 673 g/mol. The van der Waals surface area contributed by atoms with E-state index in [1.165, 1.54) is 12.1 Å². The van der Waals surface area contributed by atoms with E-state index in [-0.39, 0.29) is 29.8 Å². The molecule has 0 aliphatic carbocycles. The number of ether oxygens (including phenoxy) is 1. The topological polar surface area (TPSA) is 105 Å². The van der Waals surface area contributed by atoms with Crippen LogP contribution in [0.2, 0.25) is 0 Å². The maximum Gasteiger partial charge on any atom is 0.422 e. The smallest absolute Gasteiger partial charge is 0.422 e. The van der Waals surface area contributed by atoms with Gasteiger partial charge in [0.2, 0.25) is 0 Å². The van der Waals surface area contributed by atoms with E-state index in [0.717, 1.165) is 15.6 Å². The van der Waals surface area contributed by atoms with Crippen molar-refractivity contribution in [3.05, 3.63) is 99.5 Å². The number of carbonyl (C=O) groups is 2. The lowest BCUT2D eigenvalue weighted by Crippen LogP contribution is -2.48. The van der Waals surface area contributed by atoms with Crippen LogP contribution in [0.5, 0.6) is 5.75 Å². The number of amides is 2. The molecule has 10 nitrogen and oxygen atoms in total. The number of hydrogen-bond donors (Lipinski definition) is 1. The minimum atomic E-state index is -4.38. The molecule has 0 radical (unpaired) electrons. The van der Waals surface area contributed by atoms with Gasteiger partial charge in [0.05, 0.1) is 12.2 Å². The number of piperazine rings is 1. The fourth-order valence-electron chi connectivity index (χ4n) is 4.70. The summed E-state index contributed by atoms with van der Waals surface area (Å²) in [5.41, 5.74) is 3.51. The molecule has 0 bridgehead atoms. The van der Waals surface area contributed by atoms with Gasteiger partial charge in [-0.25, -0.2) is 4.68 Å². The van der Waals surface area contributed by atoms with E-state index in [2.05, 4.69) is 41.4 Å². The number of aromatic nitrogens is 4. The highest BCUT2D eigenvalue weighted by Gasteiger charge is 2.29. The summed E-state index contributed by atoms with van der Waals surface area (Å²) in [5, 5.41) is 11.1. The van der Waals surface area contributed by atoms with E-state index >= 15 is 0 Å². The van der Waals surface area contributed by atoms with Gasteiger partial charge in [-0.1, -0.05) is 39.3 Å². The molecule has 1 N–H and O–H groups in total. The van der Waals surface area contributed by atoms with Crippen LogP contribution < -0.4 is 10.1 Å². The van der Waals surface area contributed by atoms with Gasteiger partial charge in [-0.05, 0) is 60.5 Å². The Morgan fingerprint density at radius 2 is 1.61 bits per heavy atom. The maximum absolute atomic E-state index is 13.5. The van der Waals surface area contributed by atoms with Gasteiger partial charge >= 0.3 is 6.18 Å². The molecule has 230 valence electrons. The number of alkyl halides is 3. The minimum Gasteiger partial charge on any atom is -0.484 e. The standard InChI is InChI=1S/C30H29BrF3N7O3/c1-20-27(29(43)40-14-12-39(13-15-40)17-21-2-9-25(10-3-21)44-19-30(32,33)34)41(38-37-20)18-22-4-11-26(35-16-22)28(42)36-24-7-5-23(31)6-8-24/h2-11,16H,12-15,17-19H2,1H3,(H,36,42). The van der Waals surface area contributed by atoms with Crippen molar-refractivity contribution >= 4 is 33.4 Å². The van der Waals surface area contributed by atoms with Crippen molar-refractivity contribution in [1.29, 1.82) is 0 Å². The van der Waals surface area contributed by atoms with E-state index in [1.807, 2.05) is 12.1 Å². The molecule has 2 amide bonds. The van der Waals surface area contributed by atoms with Crippen molar-refractivity contribution in [2.75, 3.05) is 38.1 Å². The van der Waals surface area contributed by atoms with Crippen LogP contribution >= 0.6 is 15.9 Å². The van der Waals surface area contributed by atoms with Crippen LogP contribution in [0.15, 0.2) is 71.3 Å². The molecule has 0 saturated carbocycles. The second-order valence-corrected chi connectivity index (χ2v) is 11.2. The number of benzene rings is 2. The summed E-state index contributed by atoms with van der Waals surface area (Å²) < 4.78 is 44.3. The summed E-state index contributed by atoms with van der Waals surface area (Å²) in [7, 11) is 0. The zero-order valence-corrected chi connectivity index (χ0v) is 25.3. The molecule has 0 spiro atoms. The van der Waals surface area contributed by atoms with Gasteiger partial charge in [-0.2, -0.15) is 13.2 Å². The Morgan fingerprint density at radius 3 is 2.25 bits per heavy atom. The number of anilines is 1. The Labute approximate surface area is 259 Å². The van der Waals surface area contributed by atoms with Crippen LogP contribution in [-0.4, -0.2) is 80.6 Å². The summed E-state index contributed by atoms with van der Waals surface area (Å²) in [4.78, 5) is 34.3. The van der Waals surface area contributed by atoms with E-state index in [0.29, 0.717) is 49.8 Å². The van der Waals surface area contributed by atoms with Crippen molar-refractivity contribution in [2.24, 2.45) is 0 Å². The Kier molecular flexibility index (Phi) is 9.59. The minimum absolute atomic E-state index is 0.163. The van der Waals surface area contributed by atoms with Crippen molar-refractivity contribution in [3.8, 4) is 5.75 Å². The predicted octanol–water partition coefficient (Wildman–Crippen LogP) is 4.94. The molecule has 1 aliphatic rings. The van der Waals surface area contributed by atoms with Gasteiger partial charge in [-0.15, -0.1) is 5.10 Å². The van der Waals surface area contributed by atoms with Crippen LogP contribution in [0.1, 0.15) is 37.8 Å². The number of aryl methyl sites for hydroxylation is 1. The molecule has 0 unspecified atom stereocenters. The molecule has 3 heterocycles. The lowest BCUT2D eigenvalue weighted by Gasteiger charge is -2.34. The van der Waals surface area contributed by atoms with Gasteiger partial charge in [-0.3, -0.25) is 19.5 Å². The molecular weight excluding hydrogens is 643 g/mol. The Bertz CT molecular complexity index is 1590. The fraction of sp³-hybridized carbons (Fsp3) is 0.300. The lowest BCUT2D eigenvalue weighted by atomic mass is 10.2. The first-order valence-corrected chi connectivity index (χ1v) is 14.6. The third-order valence-electron chi connectivity index (χ3n) is 6.99. The predicted molar refractivity (Wildman–Crippen MR) is 159 cm³/mol. The van der Waals surface area contributed by atoms with Crippen LogP contribution in [0.3, 0.4) is 0 Å². The first-order valence-electron chi connectivity index (χ1n) is 13.8. The van der Waals surface area contributed by atoms with Gasteiger partial charge in [0.25, 0.3) is 11.8 Å². The first-order chi connectivity index (χ1) is 21.0.